The number of aromatic amines is 1. The Kier molecular flexibility index (Phi) is 3.49. The van der Waals surface area contributed by atoms with Crippen LogP contribution in [-0.4, -0.2) is 21.8 Å². The first-order valence-corrected chi connectivity index (χ1v) is 6.75. The number of H-pyrrole nitrogens is 1. The molecule has 22 heavy (non-hydrogen) atoms. The second kappa shape index (κ2) is 5.47. The maximum Gasteiger partial charge on any atom is 0.225 e. The molecule has 0 amide bonds. The van der Waals surface area contributed by atoms with Crippen molar-refractivity contribution in [1.29, 1.82) is 5.26 Å². The van der Waals surface area contributed by atoms with Gasteiger partial charge in [0.25, 0.3) is 0 Å². The molecule has 0 aliphatic heterocycles. The van der Waals surface area contributed by atoms with Gasteiger partial charge in [0.2, 0.25) is 11.6 Å². The largest absolute Gasteiger partial charge is 0.351 e. The third kappa shape index (κ3) is 2.28. The third-order valence-corrected chi connectivity index (χ3v) is 3.62. The summed E-state index contributed by atoms with van der Waals surface area (Å²) in [5, 5.41) is 17.5. The SMILES string of the molecule is N#CCc1ccc(NC2=C(Cl)C(=O)c3[nH]ncc3C2=O)cc1. The normalized spacial score (nSPS) is 13.8. The molecule has 0 unspecified atom stereocenters. The third-order valence-electron chi connectivity index (χ3n) is 3.26. The molecule has 0 fully saturated rings. The number of benzene rings is 1. The minimum absolute atomic E-state index is 0.0219. The van der Waals surface area contributed by atoms with Crippen molar-refractivity contribution < 1.29 is 9.59 Å². The van der Waals surface area contributed by atoms with Crippen molar-refractivity contribution in [3.8, 4) is 6.07 Å². The molecule has 2 aromatic rings. The number of nitrogens with zero attached hydrogens (tertiary/aromatic N) is 2. The first kappa shape index (κ1) is 14.0. The summed E-state index contributed by atoms with van der Waals surface area (Å²) in [7, 11) is 0. The molecule has 7 heteroatoms. The minimum Gasteiger partial charge on any atom is -0.351 e. The van der Waals surface area contributed by atoms with E-state index in [9.17, 15) is 9.59 Å². The lowest BCUT2D eigenvalue weighted by Gasteiger charge is -2.16. The summed E-state index contributed by atoms with van der Waals surface area (Å²) < 4.78 is 0. The topological polar surface area (TPSA) is 98.6 Å². The monoisotopic (exact) mass is 312 g/mol. The minimum atomic E-state index is -0.475. The number of rotatable bonds is 3. The number of hydrogen-bond donors (Lipinski definition) is 2. The van der Waals surface area contributed by atoms with E-state index in [0.29, 0.717) is 12.1 Å². The number of halogens is 1. The number of Topliss-reactive ketones (excluding diaryl/α,β-unsaturated/α-hetero) is 2. The van der Waals surface area contributed by atoms with Crippen LogP contribution in [0.2, 0.25) is 0 Å². The first-order valence-electron chi connectivity index (χ1n) is 6.37. The van der Waals surface area contributed by atoms with Gasteiger partial charge in [-0.25, -0.2) is 0 Å². The number of hydrogen-bond acceptors (Lipinski definition) is 5. The Bertz CT molecular complexity index is 843. The van der Waals surface area contributed by atoms with Crippen molar-refractivity contribution in [2.45, 2.75) is 6.42 Å². The molecule has 0 saturated heterocycles. The van der Waals surface area contributed by atoms with Crippen LogP contribution in [0, 0.1) is 11.3 Å². The van der Waals surface area contributed by atoms with Gasteiger partial charge in [0.1, 0.15) is 16.4 Å². The van der Waals surface area contributed by atoms with E-state index >= 15 is 0 Å². The number of allylic oxidation sites excluding steroid dienone is 2. The number of carbonyl (C=O) groups excluding carboxylic acids is 2. The van der Waals surface area contributed by atoms with Gasteiger partial charge in [0.05, 0.1) is 24.3 Å². The van der Waals surface area contributed by atoms with Crippen LogP contribution in [0.3, 0.4) is 0 Å². The average Bonchev–Trinajstić information content (AvgIpc) is 3.01. The smallest absolute Gasteiger partial charge is 0.225 e. The molecule has 0 saturated carbocycles. The molecule has 108 valence electrons. The summed E-state index contributed by atoms with van der Waals surface area (Å²) in [6.45, 7) is 0. The highest BCUT2D eigenvalue weighted by Gasteiger charge is 2.33. The van der Waals surface area contributed by atoms with Gasteiger partial charge >= 0.3 is 0 Å². The standard InChI is InChI=1S/C15H9ClN4O2/c16-11-13(14(21)10-7-18-20-12(10)15(11)22)19-9-3-1-8(2-4-9)5-6-17/h1-4,7,19H,5H2,(H,18,20). The van der Waals surface area contributed by atoms with Crippen molar-refractivity contribution in [2.75, 3.05) is 5.32 Å². The molecule has 6 nitrogen and oxygen atoms in total. The highest BCUT2D eigenvalue weighted by atomic mass is 35.5. The van der Waals surface area contributed by atoms with Gasteiger partial charge in [-0.05, 0) is 17.7 Å². The Balaban J connectivity index is 1.91. The van der Waals surface area contributed by atoms with Gasteiger partial charge < -0.3 is 5.32 Å². The van der Waals surface area contributed by atoms with E-state index in [1.807, 2.05) is 0 Å². The van der Waals surface area contributed by atoms with E-state index < -0.39 is 11.6 Å². The van der Waals surface area contributed by atoms with Gasteiger partial charge in [0, 0.05) is 5.69 Å². The number of carbonyl (C=O) groups is 2. The Morgan fingerprint density at radius 2 is 1.95 bits per heavy atom. The zero-order valence-electron chi connectivity index (χ0n) is 11.2. The van der Waals surface area contributed by atoms with Crippen molar-refractivity contribution in [3.63, 3.8) is 0 Å². The van der Waals surface area contributed by atoms with E-state index in [0.717, 1.165) is 5.56 Å². The van der Waals surface area contributed by atoms with Crippen LogP contribution in [-0.2, 0) is 6.42 Å². The zero-order valence-corrected chi connectivity index (χ0v) is 11.9. The van der Waals surface area contributed by atoms with E-state index in [-0.39, 0.29) is 22.0 Å². The molecule has 0 atom stereocenters. The maximum absolute atomic E-state index is 12.3. The summed E-state index contributed by atoms with van der Waals surface area (Å²) in [4.78, 5) is 24.4. The Morgan fingerprint density at radius 1 is 1.23 bits per heavy atom. The number of anilines is 1. The Hall–Kier alpha value is -2.91. The van der Waals surface area contributed by atoms with E-state index in [1.54, 1.807) is 24.3 Å². The summed E-state index contributed by atoms with van der Waals surface area (Å²) in [5.74, 6) is -0.869. The van der Waals surface area contributed by atoms with Crippen LogP contribution in [0.15, 0.2) is 41.2 Å². The molecular weight excluding hydrogens is 304 g/mol. The fourth-order valence-corrected chi connectivity index (χ4v) is 2.37. The van der Waals surface area contributed by atoms with Gasteiger partial charge in [0.15, 0.2) is 0 Å². The lowest BCUT2D eigenvalue weighted by molar-refractivity contribution is 0.0979. The fourth-order valence-electron chi connectivity index (χ4n) is 2.14. The maximum atomic E-state index is 12.3. The molecule has 1 aromatic carbocycles. The Morgan fingerprint density at radius 3 is 2.64 bits per heavy atom. The van der Waals surface area contributed by atoms with Gasteiger partial charge in [-0.2, -0.15) is 10.4 Å². The molecule has 1 aromatic heterocycles. The number of nitriles is 1. The lowest BCUT2D eigenvalue weighted by Crippen LogP contribution is -2.23. The second-order valence-electron chi connectivity index (χ2n) is 4.66. The molecule has 1 aliphatic rings. The summed E-state index contributed by atoms with van der Waals surface area (Å²) in [5.41, 5.74) is 1.77. The quantitative estimate of drug-likeness (QED) is 0.906. The molecule has 2 N–H and O–H groups in total. The molecule has 1 heterocycles. The van der Waals surface area contributed by atoms with Crippen molar-refractivity contribution in [2.24, 2.45) is 0 Å². The van der Waals surface area contributed by atoms with Gasteiger partial charge in [-0.3, -0.25) is 14.7 Å². The number of ketones is 2. The Labute approximate surface area is 130 Å². The summed E-state index contributed by atoms with van der Waals surface area (Å²) in [6.07, 6.45) is 1.61. The van der Waals surface area contributed by atoms with Crippen LogP contribution >= 0.6 is 11.6 Å². The van der Waals surface area contributed by atoms with Crippen molar-refractivity contribution >= 4 is 28.9 Å². The predicted octanol–water partition coefficient (Wildman–Crippen LogP) is 2.42. The molecule has 3 rings (SSSR count). The predicted molar refractivity (Wildman–Crippen MR) is 79.5 cm³/mol. The lowest BCUT2D eigenvalue weighted by atomic mass is 9.99. The molecule has 0 bridgehead atoms. The van der Waals surface area contributed by atoms with Gasteiger partial charge in [-0.15, -0.1) is 0 Å². The highest BCUT2D eigenvalue weighted by molar-refractivity contribution is 6.50. The van der Waals surface area contributed by atoms with Crippen LogP contribution in [0.25, 0.3) is 0 Å². The van der Waals surface area contributed by atoms with E-state index in [4.69, 9.17) is 16.9 Å². The number of aromatic nitrogens is 2. The zero-order chi connectivity index (χ0) is 15.7. The second-order valence-corrected chi connectivity index (χ2v) is 5.04. The molecule has 1 aliphatic carbocycles. The number of fused-ring (bicyclic) bond motifs is 1. The first-order chi connectivity index (χ1) is 10.6. The van der Waals surface area contributed by atoms with Crippen molar-refractivity contribution in [1.82, 2.24) is 10.2 Å². The summed E-state index contributed by atoms with van der Waals surface area (Å²) >= 11 is 6.00. The fraction of sp³-hybridized carbons (Fsp3) is 0.0667. The van der Waals surface area contributed by atoms with E-state index in [2.05, 4.69) is 21.6 Å². The average molecular weight is 313 g/mol. The van der Waals surface area contributed by atoms with Gasteiger partial charge in [-0.1, -0.05) is 23.7 Å². The number of nitrogens with one attached hydrogen (secondary N) is 2. The van der Waals surface area contributed by atoms with Crippen molar-refractivity contribution in [3.05, 3.63) is 58.0 Å². The highest BCUT2D eigenvalue weighted by Crippen LogP contribution is 2.28. The van der Waals surface area contributed by atoms with Crippen LogP contribution < -0.4 is 5.32 Å². The molecular formula is C15H9ClN4O2. The van der Waals surface area contributed by atoms with Crippen LogP contribution in [0.4, 0.5) is 5.69 Å². The summed E-state index contributed by atoms with van der Waals surface area (Å²) in [6, 6.07) is 9.01. The molecule has 0 spiro atoms. The van der Waals surface area contributed by atoms with Crippen LogP contribution in [0.5, 0.6) is 0 Å². The van der Waals surface area contributed by atoms with E-state index in [1.165, 1.54) is 6.20 Å². The molecule has 0 radical (unpaired) electrons. The van der Waals surface area contributed by atoms with Crippen LogP contribution in [0.1, 0.15) is 26.4 Å².